The SMILES string of the molecule is CNCc1ccc(-c2cc(-c3nc(-c4ccc(=O)n(CC5(C)COC5)c4)cnc3C)on2)cc1.[HH]. The van der Waals surface area contributed by atoms with Gasteiger partial charge in [0.2, 0.25) is 0 Å². The molecule has 1 fully saturated rings. The molecule has 0 spiro atoms. The second kappa shape index (κ2) is 8.96. The first kappa shape index (κ1) is 22.2. The summed E-state index contributed by atoms with van der Waals surface area (Å²) in [5, 5.41) is 7.39. The van der Waals surface area contributed by atoms with Gasteiger partial charge in [-0.2, -0.15) is 0 Å². The van der Waals surface area contributed by atoms with Crippen molar-refractivity contribution in [2.75, 3.05) is 20.3 Å². The second-order valence-electron chi connectivity index (χ2n) is 9.18. The van der Waals surface area contributed by atoms with E-state index < -0.39 is 0 Å². The normalized spacial score (nSPS) is 14.7. The molecule has 0 aliphatic carbocycles. The van der Waals surface area contributed by atoms with Crippen molar-refractivity contribution in [3.8, 4) is 34.0 Å². The van der Waals surface area contributed by atoms with Crippen LogP contribution in [0.15, 0.2) is 64.2 Å². The first-order valence-corrected chi connectivity index (χ1v) is 11.3. The van der Waals surface area contributed by atoms with Gasteiger partial charge in [-0.3, -0.25) is 9.78 Å². The second-order valence-corrected chi connectivity index (χ2v) is 9.18. The van der Waals surface area contributed by atoms with Gasteiger partial charge in [-0.25, -0.2) is 4.98 Å². The standard InChI is InChI=1S/C26H27N5O3.H2/c1-17-25(23-10-21(30-34-23)19-6-4-18(5-7-19)11-27-3)29-22(12-28-17)20-8-9-24(32)31(13-20)14-26(2)15-33-16-26;/h4-10,12-13,27H,11,14-16H2,1-3H3;1H. The van der Waals surface area contributed by atoms with Gasteiger partial charge in [0.1, 0.15) is 11.4 Å². The number of rotatable bonds is 7. The van der Waals surface area contributed by atoms with Crippen molar-refractivity contribution in [1.29, 1.82) is 0 Å². The lowest BCUT2D eigenvalue weighted by Crippen LogP contribution is -2.44. The summed E-state index contributed by atoms with van der Waals surface area (Å²) in [5.41, 5.74) is 5.69. The first-order chi connectivity index (χ1) is 16.4. The fourth-order valence-corrected chi connectivity index (χ4v) is 4.10. The highest BCUT2D eigenvalue weighted by Crippen LogP contribution is 2.30. The Morgan fingerprint density at radius 2 is 1.88 bits per heavy atom. The molecule has 0 amide bonds. The summed E-state index contributed by atoms with van der Waals surface area (Å²) in [6.45, 7) is 6.74. The van der Waals surface area contributed by atoms with E-state index in [1.165, 1.54) is 5.56 Å². The van der Waals surface area contributed by atoms with E-state index in [1.54, 1.807) is 22.9 Å². The average Bonchev–Trinajstić information content (AvgIpc) is 3.31. The topological polar surface area (TPSA) is 95.1 Å². The van der Waals surface area contributed by atoms with Crippen molar-refractivity contribution >= 4 is 0 Å². The quantitative estimate of drug-likeness (QED) is 0.447. The number of pyridine rings is 1. The summed E-state index contributed by atoms with van der Waals surface area (Å²) in [4.78, 5) is 21.8. The van der Waals surface area contributed by atoms with Gasteiger partial charge in [0.15, 0.2) is 5.76 Å². The molecule has 8 nitrogen and oxygen atoms in total. The van der Waals surface area contributed by atoms with Gasteiger partial charge >= 0.3 is 0 Å². The number of hydrogen-bond donors (Lipinski definition) is 1. The van der Waals surface area contributed by atoms with Gasteiger partial charge in [0.25, 0.3) is 5.56 Å². The molecule has 5 rings (SSSR count). The molecule has 0 bridgehead atoms. The van der Waals surface area contributed by atoms with E-state index in [0.717, 1.165) is 29.1 Å². The minimum Gasteiger partial charge on any atom is -0.380 e. The zero-order chi connectivity index (χ0) is 23.7. The molecule has 1 aliphatic rings. The smallest absolute Gasteiger partial charge is 0.250 e. The van der Waals surface area contributed by atoms with E-state index in [0.29, 0.717) is 36.9 Å². The predicted molar refractivity (Wildman–Crippen MR) is 131 cm³/mol. The van der Waals surface area contributed by atoms with Crippen LogP contribution in [0, 0.1) is 12.3 Å². The van der Waals surface area contributed by atoms with Gasteiger partial charge < -0.3 is 19.1 Å². The zero-order valence-corrected chi connectivity index (χ0v) is 19.5. The maximum Gasteiger partial charge on any atom is 0.250 e. The largest absolute Gasteiger partial charge is 0.380 e. The molecular weight excluding hydrogens is 430 g/mol. The van der Waals surface area contributed by atoms with Gasteiger partial charge in [-0.05, 0) is 25.6 Å². The van der Waals surface area contributed by atoms with Crippen molar-refractivity contribution in [3.63, 3.8) is 0 Å². The van der Waals surface area contributed by atoms with Crippen molar-refractivity contribution in [2.45, 2.75) is 26.9 Å². The number of benzene rings is 1. The van der Waals surface area contributed by atoms with Crippen LogP contribution in [0.5, 0.6) is 0 Å². The van der Waals surface area contributed by atoms with Gasteiger partial charge in [-0.15, -0.1) is 0 Å². The van der Waals surface area contributed by atoms with Crippen LogP contribution in [-0.2, 0) is 17.8 Å². The first-order valence-electron chi connectivity index (χ1n) is 11.3. The molecule has 0 unspecified atom stereocenters. The number of ether oxygens (including phenoxy) is 1. The molecule has 176 valence electrons. The third-order valence-electron chi connectivity index (χ3n) is 6.06. The van der Waals surface area contributed by atoms with Crippen molar-refractivity contribution < 1.29 is 10.7 Å². The maximum atomic E-state index is 12.4. The fourth-order valence-electron chi connectivity index (χ4n) is 4.10. The van der Waals surface area contributed by atoms with Crippen LogP contribution in [0.2, 0.25) is 0 Å². The summed E-state index contributed by atoms with van der Waals surface area (Å²) in [6, 6.07) is 13.4. The van der Waals surface area contributed by atoms with E-state index in [2.05, 4.69) is 34.5 Å². The Kier molecular flexibility index (Phi) is 5.85. The third kappa shape index (κ3) is 4.42. The average molecular weight is 460 g/mol. The molecule has 1 aliphatic heterocycles. The van der Waals surface area contributed by atoms with Crippen molar-refractivity contribution in [2.24, 2.45) is 5.41 Å². The Bertz CT molecular complexity index is 1380. The summed E-state index contributed by atoms with van der Waals surface area (Å²) in [5.74, 6) is 0.550. The van der Waals surface area contributed by atoms with E-state index >= 15 is 0 Å². The Hall–Kier alpha value is -3.62. The number of aryl methyl sites for hydroxylation is 1. The van der Waals surface area contributed by atoms with Gasteiger partial charge in [0, 0.05) is 49.4 Å². The molecule has 1 saturated heterocycles. The zero-order valence-electron chi connectivity index (χ0n) is 19.5. The molecular formula is C26H29N5O3. The Morgan fingerprint density at radius 1 is 1.12 bits per heavy atom. The molecule has 4 aromatic rings. The van der Waals surface area contributed by atoms with Crippen LogP contribution in [0.3, 0.4) is 0 Å². The number of hydrogen-bond acceptors (Lipinski definition) is 7. The lowest BCUT2D eigenvalue weighted by Gasteiger charge is -2.38. The highest BCUT2D eigenvalue weighted by Gasteiger charge is 2.34. The number of nitrogens with one attached hydrogen (secondary N) is 1. The predicted octanol–water partition coefficient (Wildman–Crippen LogP) is 3.94. The molecule has 0 saturated carbocycles. The maximum absolute atomic E-state index is 12.4. The molecule has 0 atom stereocenters. The lowest BCUT2D eigenvalue weighted by molar-refractivity contribution is -0.110. The molecule has 1 aromatic carbocycles. The Balaban J connectivity index is 0.00000289. The molecule has 4 heterocycles. The van der Waals surface area contributed by atoms with Crippen LogP contribution in [0.4, 0.5) is 0 Å². The van der Waals surface area contributed by atoms with Crippen molar-refractivity contribution in [3.05, 3.63) is 76.5 Å². The Morgan fingerprint density at radius 3 is 2.59 bits per heavy atom. The minimum absolute atomic E-state index is 0. The van der Waals surface area contributed by atoms with Crippen LogP contribution < -0.4 is 10.9 Å². The van der Waals surface area contributed by atoms with Crippen molar-refractivity contribution in [1.82, 2.24) is 25.0 Å². The van der Waals surface area contributed by atoms with Crippen LogP contribution >= 0.6 is 0 Å². The summed E-state index contributed by atoms with van der Waals surface area (Å²) >= 11 is 0. The fraction of sp³-hybridized carbons (Fsp3) is 0.308. The summed E-state index contributed by atoms with van der Waals surface area (Å²) < 4.78 is 12.7. The lowest BCUT2D eigenvalue weighted by atomic mass is 9.88. The van der Waals surface area contributed by atoms with E-state index in [1.807, 2.05) is 38.4 Å². The number of aromatic nitrogens is 4. The van der Waals surface area contributed by atoms with Gasteiger partial charge in [-0.1, -0.05) is 36.3 Å². The van der Waals surface area contributed by atoms with Crippen LogP contribution in [-0.4, -0.2) is 40.0 Å². The minimum atomic E-state index is -0.0437. The molecule has 34 heavy (non-hydrogen) atoms. The third-order valence-corrected chi connectivity index (χ3v) is 6.06. The van der Waals surface area contributed by atoms with E-state index in [-0.39, 0.29) is 12.4 Å². The molecule has 8 heteroatoms. The van der Waals surface area contributed by atoms with E-state index in [9.17, 15) is 4.79 Å². The van der Waals surface area contributed by atoms with Crippen LogP contribution in [0.1, 0.15) is 19.6 Å². The van der Waals surface area contributed by atoms with Gasteiger partial charge in [0.05, 0.1) is 30.8 Å². The molecule has 1 N–H and O–H groups in total. The number of nitrogens with zero attached hydrogens (tertiary/aromatic N) is 4. The highest BCUT2D eigenvalue weighted by molar-refractivity contribution is 5.68. The highest BCUT2D eigenvalue weighted by atomic mass is 16.5. The molecule has 0 radical (unpaired) electrons. The summed E-state index contributed by atoms with van der Waals surface area (Å²) in [7, 11) is 1.92. The van der Waals surface area contributed by atoms with Crippen LogP contribution in [0.25, 0.3) is 34.0 Å². The Labute approximate surface area is 199 Å². The monoisotopic (exact) mass is 459 g/mol. The molecule has 3 aromatic heterocycles. The van der Waals surface area contributed by atoms with E-state index in [4.69, 9.17) is 14.2 Å². The summed E-state index contributed by atoms with van der Waals surface area (Å²) in [6.07, 6.45) is 3.56.